The second-order valence-corrected chi connectivity index (χ2v) is 11.4. The fourth-order valence-corrected chi connectivity index (χ4v) is 6.27. The number of benzene rings is 3. The minimum Gasteiger partial charge on any atom is -0.482 e. The van der Waals surface area contributed by atoms with Gasteiger partial charge in [0.1, 0.15) is 11.6 Å². The molecule has 186 valence electrons. The largest absolute Gasteiger partial charge is 0.482 e. The molecule has 5 heteroatoms. The maximum atomic E-state index is 13.5. The average Bonchev–Trinajstić information content (AvgIpc) is 2.89. The fourth-order valence-electron chi connectivity index (χ4n) is 4.21. The number of ether oxygens (including phenoxy) is 2. The summed E-state index contributed by atoms with van der Waals surface area (Å²) in [6, 6.07) is 24.4. The number of rotatable bonds is 7. The first-order chi connectivity index (χ1) is 17.4. The van der Waals surface area contributed by atoms with Crippen molar-refractivity contribution >= 4 is 16.9 Å². The molecule has 0 bridgehead atoms. The predicted octanol–water partition coefficient (Wildman–Crippen LogP) is 7.21. The number of hydrogen-bond donors (Lipinski definition) is 0. The molecule has 0 radical (unpaired) electrons. The van der Waals surface area contributed by atoms with E-state index < -0.39 is 22.5 Å². The third kappa shape index (κ3) is 7.38. The highest BCUT2D eigenvalue weighted by Gasteiger charge is 2.28. The van der Waals surface area contributed by atoms with Crippen molar-refractivity contribution in [3.8, 4) is 17.6 Å². The lowest BCUT2D eigenvalue weighted by Gasteiger charge is -2.20. The van der Waals surface area contributed by atoms with E-state index >= 15 is 0 Å². The van der Waals surface area contributed by atoms with Crippen LogP contribution in [0.1, 0.15) is 46.0 Å². The Hall–Kier alpha value is -3.23. The van der Waals surface area contributed by atoms with Crippen LogP contribution < -0.4 is 4.74 Å². The van der Waals surface area contributed by atoms with Crippen LogP contribution in [0.25, 0.3) is 0 Å². The van der Waals surface area contributed by atoms with Crippen molar-refractivity contribution in [1.29, 1.82) is 0 Å². The minimum atomic E-state index is -0.846. The van der Waals surface area contributed by atoms with Gasteiger partial charge in [0.2, 0.25) is 0 Å². The first-order valence-electron chi connectivity index (χ1n) is 12.4. The van der Waals surface area contributed by atoms with Gasteiger partial charge in [-0.3, -0.25) is 0 Å². The van der Waals surface area contributed by atoms with E-state index in [1.807, 2.05) is 68.4 Å². The molecule has 0 amide bonds. The Morgan fingerprint density at radius 3 is 2.11 bits per heavy atom. The molecule has 0 aliphatic heterocycles. The van der Waals surface area contributed by atoms with E-state index in [0.29, 0.717) is 11.7 Å². The van der Waals surface area contributed by atoms with Crippen LogP contribution in [0.4, 0.5) is 4.39 Å². The zero-order chi connectivity index (χ0) is 25.4. The third-order valence-corrected chi connectivity index (χ3v) is 8.23. The second kappa shape index (κ2) is 12.1. The van der Waals surface area contributed by atoms with Gasteiger partial charge in [-0.05, 0) is 87.4 Å². The third-order valence-electron chi connectivity index (χ3n) is 6.00. The molecular formula is C31H32FO3S+. The Labute approximate surface area is 216 Å². The van der Waals surface area contributed by atoms with E-state index in [4.69, 9.17) is 9.47 Å². The molecule has 36 heavy (non-hydrogen) atoms. The van der Waals surface area contributed by atoms with Crippen molar-refractivity contribution in [2.75, 3.05) is 6.61 Å². The average molecular weight is 504 g/mol. The van der Waals surface area contributed by atoms with Gasteiger partial charge >= 0.3 is 5.97 Å². The lowest BCUT2D eigenvalue weighted by Crippen LogP contribution is -2.29. The molecule has 0 heterocycles. The number of carbonyl (C=O) groups excluding carboxylic acids is 1. The summed E-state index contributed by atoms with van der Waals surface area (Å²) in [5, 5.41) is 0. The summed E-state index contributed by atoms with van der Waals surface area (Å²) in [5.74, 6) is 6.72. The molecule has 3 aromatic carbocycles. The SMILES string of the molecule is CC(C)(C#CC1CCCCC1)OC(=O)COc1ccc([S+](c2ccccc2)c2ccc(F)cc2)cc1. The van der Waals surface area contributed by atoms with Gasteiger partial charge in [-0.2, -0.15) is 0 Å². The van der Waals surface area contributed by atoms with Crippen LogP contribution in [0.3, 0.4) is 0 Å². The molecule has 4 rings (SSSR count). The molecule has 0 spiro atoms. The summed E-state index contributed by atoms with van der Waals surface area (Å²) in [6.45, 7) is 3.45. The molecule has 1 saturated carbocycles. The van der Waals surface area contributed by atoms with Crippen molar-refractivity contribution in [2.24, 2.45) is 5.92 Å². The van der Waals surface area contributed by atoms with Gasteiger partial charge in [0.15, 0.2) is 26.9 Å². The zero-order valence-electron chi connectivity index (χ0n) is 20.8. The molecule has 0 N–H and O–H groups in total. The van der Waals surface area contributed by atoms with Crippen LogP contribution in [0.5, 0.6) is 5.75 Å². The van der Waals surface area contributed by atoms with Gasteiger partial charge < -0.3 is 9.47 Å². The lowest BCUT2D eigenvalue weighted by molar-refractivity contribution is -0.154. The van der Waals surface area contributed by atoms with E-state index in [0.717, 1.165) is 27.5 Å². The number of hydrogen-bond acceptors (Lipinski definition) is 3. The van der Waals surface area contributed by atoms with E-state index in [1.54, 1.807) is 0 Å². The summed E-state index contributed by atoms with van der Waals surface area (Å²) in [7, 11) is -0.391. The molecular weight excluding hydrogens is 471 g/mol. The maximum absolute atomic E-state index is 13.5. The lowest BCUT2D eigenvalue weighted by atomic mass is 9.89. The minimum absolute atomic E-state index is 0.184. The van der Waals surface area contributed by atoms with Gasteiger partial charge in [0.05, 0.1) is 10.9 Å². The first-order valence-corrected chi connectivity index (χ1v) is 13.6. The summed E-state index contributed by atoms with van der Waals surface area (Å²) in [4.78, 5) is 15.6. The van der Waals surface area contributed by atoms with Crippen LogP contribution in [-0.4, -0.2) is 18.2 Å². The van der Waals surface area contributed by atoms with Crippen LogP contribution in [-0.2, 0) is 20.4 Å². The zero-order valence-corrected chi connectivity index (χ0v) is 21.7. The van der Waals surface area contributed by atoms with Crippen molar-refractivity contribution in [2.45, 2.75) is 66.2 Å². The van der Waals surface area contributed by atoms with Crippen LogP contribution in [0, 0.1) is 23.6 Å². The molecule has 3 nitrogen and oxygen atoms in total. The maximum Gasteiger partial charge on any atom is 0.345 e. The molecule has 0 saturated heterocycles. The van der Waals surface area contributed by atoms with E-state index in [2.05, 4.69) is 24.0 Å². The normalized spacial score (nSPS) is 14.9. The molecule has 1 atom stereocenters. The summed E-state index contributed by atoms with van der Waals surface area (Å²) in [5.41, 5.74) is -0.846. The summed E-state index contributed by atoms with van der Waals surface area (Å²) >= 11 is 0. The smallest absolute Gasteiger partial charge is 0.345 e. The van der Waals surface area contributed by atoms with Gasteiger partial charge in [-0.25, -0.2) is 9.18 Å². The quantitative estimate of drug-likeness (QED) is 0.194. The monoisotopic (exact) mass is 503 g/mol. The van der Waals surface area contributed by atoms with Crippen molar-refractivity contribution in [1.82, 2.24) is 0 Å². The van der Waals surface area contributed by atoms with Crippen LogP contribution >= 0.6 is 0 Å². The Bertz CT molecular complexity index is 1190. The Morgan fingerprint density at radius 2 is 1.47 bits per heavy atom. The van der Waals surface area contributed by atoms with Crippen LogP contribution in [0.2, 0.25) is 0 Å². The van der Waals surface area contributed by atoms with E-state index in [1.165, 1.54) is 31.4 Å². The molecule has 1 unspecified atom stereocenters. The fraction of sp³-hybridized carbons (Fsp3) is 0.323. The standard InChI is InChI=1S/C31H32FO3S/c1-31(2,22-21-24-9-5-3-6-10-24)35-30(33)23-34-26-15-19-29(20-16-26)36(27-11-7-4-8-12-27)28-17-13-25(32)14-18-28/h4,7-8,11-20,24H,3,5-6,9-10,23H2,1-2H3/q+1. The number of esters is 1. The number of halogens is 1. The van der Waals surface area contributed by atoms with Crippen molar-refractivity contribution in [3.05, 3.63) is 84.7 Å². The summed E-state index contributed by atoms with van der Waals surface area (Å²) < 4.78 is 24.8. The van der Waals surface area contributed by atoms with Crippen LogP contribution in [0.15, 0.2) is 93.5 Å². The predicted molar refractivity (Wildman–Crippen MR) is 141 cm³/mol. The summed E-state index contributed by atoms with van der Waals surface area (Å²) in [6.07, 6.45) is 5.99. The highest BCUT2D eigenvalue weighted by molar-refractivity contribution is 7.97. The molecule has 0 aromatic heterocycles. The van der Waals surface area contributed by atoms with Crippen molar-refractivity contribution in [3.63, 3.8) is 0 Å². The number of carbonyl (C=O) groups is 1. The highest BCUT2D eigenvalue weighted by Crippen LogP contribution is 2.32. The topological polar surface area (TPSA) is 35.5 Å². The van der Waals surface area contributed by atoms with Crippen molar-refractivity contribution < 1.29 is 18.7 Å². The van der Waals surface area contributed by atoms with Gasteiger partial charge in [-0.15, -0.1) is 0 Å². The van der Waals surface area contributed by atoms with Gasteiger partial charge in [0, 0.05) is 5.92 Å². The highest BCUT2D eigenvalue weighted by atomic mass is 32.2. The second-order valence-electron chi connectivity index (χ2n) is 9.42. The van der Waals surface area contributed by atoms with E-state index in [-0.39, 0.29) is 12.4 Å². The Kier molecular flexibility index (Phi) is 8.72. The molecule has 3 aromatic rings. The molecule has 1 aliphatic carbocycles. The molecule has 1 aliphatic rings. The van der Waals surface area contributed by atoms with E-state index in [9.17, 15) is 9.18 Å². The Balaban J connectivity index is 1.38. The first kappa shape index (κ1) is 25.9. The van der Waals surface area contributed by atoms with Gasteiger partial charge in [-0.1, -0.05) is 49.3 Å². The Morgan fingerprint density at radius 1 is 0.889 bits per heavy atom. The molecule has 1 fully saturated rings. The van der Waals surface area contributed by atoms with Gasteiger partial charge in [0.25, 0.3) is 0 Å².